The van der Waals surface area contributed by atoms with E-state index in [9.17, 15) is 14.7 Å². The molecule has 1 atom stereocenters. The maximum absolute atomic E-state index is 11.9. The van der Waals surface area contributed by atoms with Crippen molar-refractivity contribution in [3.63, 3.8) is 0 Å². The standard InChI is InChI=1S/C19H28N2O3S/c22-12-8-16(17-9-13-25-14-17)7-11-21-19(24)18(23)20-10-6-15-4-2-1-3-5-15/h4,9,13-14,16,22H,1-3,5-8,10-12H2,(H,20,23)(H,21,24). The van der Waals surface area contributed by atoms with E-state index in [4.69, 9.17) is 0 Å². The first-order valence-corrected chi connectivity index (χ1v) is 10.0. The van der Waals surface area contributed by atoms with E-state index in [1.54, 1.807) is 11.3 Å². The van der Waals surface area contributed by atoms with Crippen molar-refractivity contribution in [2.75, 3.05) is 19.7 Å². The lowest BCUT2D eigenvalue weighted by Crippen LogP contribution is -2.40. The van der Waals surface area contributed by atoms with Crippen molar-refractivity contribution in [1.82, 2.24) is 10.6 Å². The number of hydrogen-bond donors (Lipinski definition) is 3. The first-order chi connectivity index (χ1) is 12.2. The summed E-state index contributed by atoms with van der Waals surface area (Å²) in [4.78, 5) is 23.7. The number of hydrogen-bond acceptors (Lipinski definition) is 4. The van der Waals surface area contributed by atoms with Crippen molar-refractivity contribution < 1.29 is 14.7 Å². The van der Waals surface area contributed by atoms with Gasteiger partial charge in [0, 0.05) is 19.7 Å². The minimum Gasteiger partial charge on any atom is -0.396 e. The summed E-state index contributed by atoms with van der Waals surface area (Å²) in [6, 6.07) is 2.04. The van der Waals surface area contributed by atoms with E-state index in [1.165, 1.54) is 24.0 Å². The highest BCUT2D eigenvalue weighted by molar-refractivity contribution is 7.07. The molecule has 1 aliphatic rings. The molecule has 1 aromatic heterocycles. The predicted octanol–water partition coefficient (Wildman–Crippen LogP) is 2.73. The van der Waals surface area contributed by atoms with Crippen LogP contribution in [0.2, 0.25) is 0 Å². The highest BCUT2D eigenvalue weighted by atomic mass is 32.1. The molecule has 1 aliphatic carbocycles. The summed E-state index contributed by atoms with van der Waals surface area (Å²) in [5, 5.41) is 18.6. The molecule has 25 heavy (non-hydrogen) atoms. The average molecular weight is 365 g/mol. The molecule has 0 fully saturated rings. The molecule has 5 nitrogen and oxygen atoms in total. The van der Waals surface area contributed by atoms with Gasteiger partial charge in [-0.1, -0.05) is 11.6 Å². The minimum atomic E-state index is -0.578. The second kappa shape index (κ2) is 11.1. The van der Waals surface area contributed by atoms with Gasteiger partial charge in [-0.3, -0.25) is 9.59 Å². The summed E-state index contributed by atoms with van der Waals surface area (Å²) in [5.41, 5.74) is 2.56. The number of amides is 2. The van der Waals surface area contributed by atoms with Gasteiger partial charge in [0.05, 0.1) is 0 Å². The van der Waals surface area contributed by atoms with Crippen molar-refractivity contribution in [1.29, 1.82) is 0 Å². The van der Waals surface area contributed by atoms with Crippen LogP contribution >= 0.6 is 11.3 Å². The molecule has 2 rings (SSSR count). The molecule has 0 aliphatic heterocycles. The zero-order valence-corrected chi connectivity index (χ0v) is 15.4. The third kappa shape index (κ3) is 7.00. The van der Waals surface area contributed by atoms with Crippen LogP contribution in [0.1, 0.15) is 56.4 Å². The highest BCUT2D eigenvalue weighted by Gasteiger charge is 2.15. The first kappa shape index (κ1) is 19.7. The molecular formula is C19H28N2O3S. The zero-order chi connectivity index (χ0) is 17.9. The van der Waals surface area contributed by atoms with Crippen LogP contribution in [0.5, 0.6) is 0 Å². The number of nitrogens with one attached hydrogen (secondary N) is 2. The summed E-state index contributed by atoms with van der Waals surface area (Å²) in [6.45, 7) is 1.06. The Labute approximate surface area is 153 Å². The molecule has 1 aromatic rings. The fourth-order valence-corrected chi connectivity index (χ4v) is 3.87. The van der Waals surface area contributed by atoms with Gasteiger partial charge >= 0.3 is 11.8 Å². The number of aliphatic hydroxyl groups is 1. The summed E-state index contributed by atoms with van der Waals surface area (Å²) in [6.07, 6.45) is 9.16. The summed E-state index contributed by atoms with van der Waals surface area (Å²) in [7, 11) is 0. The highest BCUT2D eigenvalue weighted by Crippen LogP contribution is 2.24. The molecule has 0 saturated heterocycles. The third-order valence-corrected chi connectivity index (χ3v) is 5.29. The Bertz CT molecular complexity index is 569. The number of carbonyl (C=O) groups excluding carboxylic acids is 2. The van der Waals surface area contributed by atoms with E-state index in [2.05, 4.69) is 22.1 Å². The van der Waals surface area contributed by atoms with Gasteiger partial charge in [-0.2, -0.15) is 11.3 Å². The molecule has 0 radical (unpaired) electrons. The van der Waals surface area contributed by atoms with Crippen LogP contribution in [0.25, 0.3) is 0 Å². The number of rotatable bonds is 9. The molecule has 1 unspecified atom stereocenters. The number of carbonyl (C=O) groups is 2. The van der Waals surface area contributed by atoms with E-state index in [1.807, 2.05) is 11.4 Å². The van der Waals surface area contributed by atoms with Gasteiger partial charge in [0.1, 0.15) is 0 Å². The summed E-state index contributed by atoms with van der Waals surface area (Å²) < 4.78 is 0. The molecule has 3 N–H and O–H groups in total. The second-order valence-corrected chi connectivity index (χ2v) is 7.20. The molecule has 0 saturated carbocycles. The molecule has 138 valence electrons. The second-order valence-electron chi connectivity index (χ2n) is 6.42. The Morgan fingerprint density at radius 2 is 1.96 bits per heavy atom. The molecule has 0 bridgehead atoms. The first-order valence-electron chi connectivity index (χ1n) is 9.07. The van der Waals surface area contributed by atoms with Crippen molar-refractivity contribution in [3.8, 4) is 0 Å². The maximum atomic E-state index is 11.9. The lowest BCUT2D eigenvalue weighted by molar-refractivity contribution is -0.139. The molecule has 6 heteroatoms. The predicted molar refractivity (Wildman–Crippen MR) is 101 cm³/mol. The summed E-state index contributed by atoms with van der Waals surface area (Å²) >= 11 is 1.62. The SMILES string of the molecule is O=C(NCCC1=CCCCC1)C(=O)NCCC(CCO)c1ccsc1. The fraction of sp³-hybridized carbons (Fsp3) is 0.579. The Balaban J connectivity index is 1.64. The Kier molecular flexibility index (Phi) is 8.69. The van der Waals surface area contributed by atoms with Crippen LogP contribution in [0.3, 0.4) is 0 Å². The van der Waals surface area contributed by atoms with E-state index >= 15 is 0 Å². The Hall–Kier alpha value is -1.66. The topological polar surface area (TPSA) is 78.4 Å². The third-order valence-electron chi connectivity index (χ3n) is 4.59. The fourth-order valence-electron chi connectivity index (χ4n) is 3.13. The molecule has 2 amide bonds. The van der Waals surface area contributed by atoms with Crippen LogP contribution in [0.15, 0.2) is 28.5 Å². The van der Waals surface area contributed by atoms with Gasteiger partial charge in [0.2, 0.25) is 0 Å². The van der Waals surface area contributed by atoms with E-state index in [-0.39, 0.29) is 12.5 Å². The van der Waals surface area contributed by atoms with Gasteiger partial charge in [-0.15, -0.1) is 0 Å². The van der Waals surface area contributed by atoms with Gasteiger partial charge in [-0.25, -0.2) is 0 Å². The Morgan fingerprint density at radius 1 is 1.16 bits per heavy atom. The van der Waals surface area contributed by atoms with Crippen LogP contribution in [0.4, 0.5) is 0 Å². The number of allylic oxidation sites excluding steroid dienone is 1. The largest absolute Gasteiger partial charge is 0.396 e. The Morgan fingerprint density at radius 3 is 2.60 bits per heavy atom. The van der Waals surface area contributed by atoms with E-state index < -0.39 is 11.8 Å². The minimum absolute atomic E-state index is 0.116. The number of aliphatic hydroxyl groups excluding tert-OH is 1. The van der Waals surface area contributed by atoms with Crippen molar-refractivity contribution in [3.05, 3.63) is 34.0 Å². The zero-order valence-electron chi connectivity index (χ0n) is 14.6. The maximum Gasteiger partial charge on any atom is 0.309 e. The molecular weight excluding hydrogens is 336 g/mol. The monoisotopic (exact) mass is 364 g/mol. The van der Waals surface area contributed by atoms with E-state index in [0.29, 0.717) is 25.9 Å². The van der Waals surface area contributed by atoms with Crippen molar-refractivity contribution >= 4 is 23.2 Å². The lowest BCUT2D eigenvalue weighted by Gasteiger charge is -2.15. The molecule has 0 aromatic carbocycles. The lowest BCUT2D eigenvalue weighted by atomic mass is 9.95. The number of thiophene rings is 1. The average Bonchev–Trinajstić information content (AvgIpc) is 3.16. The molecule has 0 spiro atoms. The van der Waals surface area contributed by atoms with Gasteiger partial charge in [0.15, 0.2) is 0 Å². The molecule has 1 heterocycles. The van der Waals surface area contributed by atoms with Crippen molar-refractivity contribution in [2.45, 2.75) is 50.9 Å². The van der Waals surface area contributed by atoms with Crippen LogP contribution in [-0.2, 0) is 9.59 Å². The normalized spacial score (nSPS) is 15.3. The van der Waals surface area contributed by atoms with Gasteiger partial charge < -0.3 is 15.7 Å². The van der Waals surface area contributed by atoms with Crippen LogP contribution in [-0.4, -0.2) is 36.6 Å². The van der Waals surface area contributed by atoms with Crippen LogP contribution in [0, 0.1) is 0 Å². The summed E-state index contributed by atoms with van der Waals surface area (Å²) in [5.74, 6) is -0.936. The smallest absolute Gasteiger partial charge is 0.309 e. The van der Waals surface area contributed by atoms with Crippen molar-refractivity contribution in [2.24, 2.45) is 0 Å². The van der Waals surface area contributed by atoms with E-state index in [0.717, 1.165) is 19.3 Å². The van der Waals surface area contributed by atoms with Gasteiger partial charge in [-0.05, 0) is 73.3 Å². The van der Waals surface area contributed by atoms with Gasteiger partial charge in [0.25, 0.3) is 0 Å². The van der Waals surface area contributed by atoms with Crippen LogP contribution < -0.4 is 10.6 Å². The quantitative estimate of drug-likeness (QED) is 0.466.